The molecule has 0 bridgehead atoms. The van der Waals surface area contributed by atoms with Gasteiger partial charge < -0.3 is 15.2 Å². The number of hydrogen-bond donors (Lipinski definition) is 2. The smallest absolute Gasteiger partial charge is 0.350 e. The van der Waals surface area contributed by atoms with Crippen LogP contribution in [0.25, 0.3) is 10.3 Å². The van der Waals surface area contributed by atoms with E-state index in [-0.39, 0.29) is 34.9 Å². The number of benzene rings is 1. The van der Waals surface area contributed by atoms with Crippen LogP contribution in [0.15, 0.2) is 35.1 Å². The molecule has 2 aromatic heterocycles. The molecule has 0 radical (unpaired) electrons. The molecule has 1 amide bonds. The predicted molar refractivity (Wildman–Crippen MR) is 111 cm³/mol. The summed E-state index contributed by atoms with van der Waals surface area (Å²) in [5.41, 5.74) is -1.88. The molecule has 0 unspecified atom stereocenters. The molecule has 1 saturated carbocycles. The third kappa shape index (κ3) is 3.89. The highest BCUT2D eigenvalue weighted by Gasteiger charge is 2.66. The van der Waals surface area contributed by atoms with Crippen molar-refractivity contribution in [1.82, 2.24) is 20.3 Å². The predicted octanol–water partition coefficient (Wildman–Crippen LogP) is 3.11. The Balaban J connectivity index is 1.54. The number of carbonyl (C=O) groups excluding carboxylic acids is 1. The molecule has 164 valence electrons. The maximum Gasteiger partial charge on any atom is 0.401 e. The summed E-state index contributed by atoms with van der Waals surface area (Å²) in [5, 5.41) is 3.16. The number of H-pyrrole nitrogens is 1. The highest BCUT2D eigenvalue weighted by molar-refractivity contribution is 7.21. The van der Waals surface area contributed by atoms with E-state index in [1.807, 2.05) is 30.3 Å². The highest BCUT2D eigenvalue weighted by atomic mass is 32.1. The van der Waals surface area contributed by atoms with E-state index < -0.39 is 23.2 Å². The summed E-state index contributed by atoms with van der Waals surface area (Å²) >= 11 is 0.985. The minimum atomic E-state index is -4.48. The Morgan fingerprint density at radius 1 is 1.29 bits per heavy atom. The second kappa shape index (κ2) is 7.63. The van der Waals surface area contributed by atoms with Gasteiger partial charge >= 0.3 is 6.18 Å². The molecular weight excluding hydrogens is 431 g/mol. The van der Waals surface area contributed by atoms with Crippen LogP contribution < -0.4 is 15.8 Å². The van der Waals surface area contributed by atoms with Gasteiger partial charge in [0.2, 0.25) is 5.91 Å². The van der Waals surface area contributed by atoms with E-state index in [2.05, 4.69) is 20.3 Å². The van der Waals surface area contributed by atoms with Crippen molar-refractivity contribution in [3.8, 4) is 0 Å². The number of anilines is 1. The van der Waals surface area contributed by atoms with Crippen LogP contribution in [0, 0.1) is 0 Å². The third-order valence-electron chi connectivity index (χ3n) is 5.58. The van der Waals surface area contributed by atoms with Crippen LogP contribution in [0.4, 0.5) is 18.3 Å². The van der Waals surface area contributed by atoms with E-state index >= 15 is 0 Å². The fourth-order valence-electron chi connectivity index (χ4n) is 3.25. The molecule has 1 aromatic carbocycles. The maximum atomic E-state index is 13.4. The molecule has 7 nitrogen and oxygen atoms in total. The summed E-state index contributed by atoms with van der Waals surface area (Å²) in [6, 6.07) is 8.81. The van der Waals surface area contributed by atoms with Crippen molar-refractivity contribution in [2.24, 2.45) is 0 Å². The summed E-state index contributed by atoms with van der Waals surface area (Å²) in [4.78, 5) is 37.2. The molecule has 2 heterocycles. The number of carbonyl (C=O) groups is 1. The van der Waals surface area contributed by atoms with E-state index in [9.17, 15) is 22.8 Å². The number of amides is 1. The second-order valence-corrected chi connectivity index (χ2v) is 8.59. The Hall–Kier alpha value is -2.95. The minimum Gasteiger partial charge on any atom is -0.350 e. The number of likely N-dealkylation sites (N-methyl/N-ethyl adjacent to an activating group) is 1. The first-order chi connectivity index (χ1) is 14.6. The van der Waals surface area contributed by atoms with Crippen molar-refractivity contribution in [2.75, 3.05) is 11.9 Å². The van der Waals surface area contributed by atoms with Gasteiger partial charge in [0, 0.05) is 13.6 Å². The van der Waals surface area contributed by atoms with Crippen molar-refractivity contribution in [3.05, 3.63) is 52.1 Å². The average molecular weight is 451 g/mol. The number of hydrogen-bond acceptors (Lipinski definition) is 6. The molecule has 0 saturated heterocycles. The molecule has 3 aromatic rings. The lowest BCUT2D eigenvalue weighted by molar-refractivity contribution is -0.162. The Labute approximate surface area is 179 Å². The SMILES string of the molecule is C[C@H](C(=O)NCc1ccccc1)N(C)c1nc2c(=O)[nH]c(C3(C(F)(F)F)CC3)nc2s1. The van der Waals surface area contributed by atoms with Gasteiger partial charge in [-0.3, -0.25) is 9.59 Å². The molecule has 1 aliphatic carbocycles. The fraction of sp³-hybridized carbons (Fsp3) is 0.400. The molecule has 0 spiro atoms. The average Bonchev–Trinajstić information content (AvgIpc) is 3.45. The molecule has 11 heteroatoms. The lowest BCUT2D eigenvalue weighted by atomic mass is 10.1. The summed E-state index contributed by atoms with van der Waals surface area (Å²) in [6.07, 6.45) is -4.68. The number of fused-ring (bicyclic) bond motifs is 1. The number of thiazole rings is 1. The Morgan fingerprint density at radius 3 is 2.58 bits per heavy atom. The topological polar surface area (TPSA) is 91.0 Å². The van der Waals surface area contributed by atoms with Crippen molar-refractivity contribution in [1.29, 1.82) is 0 Å². The number of halogens is 3. The van der Waals surface area contributed by atoms with Crippen LogP contribution in [0.2, 0.25) is 0 Å². The number of nitrogens with zero attached hydrogens (tertiary/aromatic N) is 3. The standard InChI is InChI=1S/C20H20F3N5O2S/c1-11(14(29)24-10-12-6-4-3-5-7-12)28(2)18-25-13-15(30)26-17(27-16(13)31-18)19(8-9-19)20(21,22)23/h3-7,11H,8-10H2,1-2H3,(H,24,29)(H,26,27,30)/t11-/m1/s1. The molecule has 1 aliphatic rings. The van der Waals surface area contributed by atoms with Crippen LogP contribution in [0.5, 0.6) is 0 Å². The van der Waals surface area contributed by atoms with Crippen molar-refractivity contribution < 1.29 is 18.0 Å². The number of aromatic amines is 1. The van der Waals surface area contributed by atoms with Crippen molar-refractivity contribution in [2.45, 2.75) is 43.9 Å². The molecule has 1 fully saturated rings. The lowest BCUT2D eigenvalue weighted by Gasteiger charge is -2.23. The zero-order chi connectivity index (χ0) is 22.4. The van der Waals surface area contributed by atoms with E-state index in [1.54, 1.807) is 18.9 Å². The van der Waals surface area contributed by atoms with E-state index in [0.29, 0.717) is 11.7 Å². The summed E-state index contributed by atoms with van der Waals surface area (Å²) in [5.74, 6) is -0.619. The number of nitrogens with one attached hydrogen (secondary N) is 2. The summed E-state index contributed by atoms with van der Waals surface area (Å²) in [7, 11) is 1.64. The van der Waals surface area contributed by atoms with Crippen LogP contribution in [0.1, 0.15) is 31.2 Å². The lowest BCUT2D eigenvalue weighted by Crippen LogP contribution is -2.43. The first-order valence-corrected chi connectivity index (χ1v) is 10.5. The van der Waals surface area contributed by atoms with Crippen LogP contribution in [0.3, 0.4) is 0 Å². The van der Waals surface area contributed by atoms with Gasteiger partial charge in [-0.25, -0.2) is 9.97 Å². The molecule has 0 aliphatic heterocycles. The number of alkyl halides is 3. The first kappa shape index (κ1) is 21.3. The molecule has 31 heavy (non-hydrogen) atoms. The summed E-state index contributed by atoms with van der Waals surface area (Å²) in [6.45, 7) is 2.04. The van der Waals surface area contributed by atoms with Gasteiger partial charge in [-0.1, -0.05) is 41.7 Å². The van der Waals surface area contributed by atoms with Gasteiger partial charge in [0.25, 0.3) is 5.56 Å². The molecule has 2 N–H and O–H groups in total. The van der Waals surface area contributed by atoms with Gasteiger partial charge in [-0.05, 0) is 25.3 Å². The van der Waals surface area contributed by atoms with Crippen LogP contribution in [-0.4, -0.2) is 40.1 Å². The summed E-state index contributed by atoms with van der Waals surface area (Å²) < 4.78 is 40.2. The molecule has 1 atom stereocenters. The Morgan fingerprint density at radius 2 is 1.97 bits per heavy atom. The van der Waals surface area contributed by atoms with Gasteiger partial charge in [-0.15, -0.1) is 0 Å². The van der Waals surface area contributed by atoms with Gasteiger partial charge in [0.15, 0.2) is 15.5 Å². The monoisotopic (exact) mass is 451 g/mol. The maximum absolute atomic E-state index is 13.4. The van der Waals surface area contributed by atoms with Crippen molar-refractivity contribution in [3.63, 3.8) is 0 Å². The second-order valence-electron chi connectivity index (χ2n) is 7.63. The zero-order valence-electron chi connectivity index (χ0n) is 16.8. The van der Waals surface area contributed by atoms with E-state index in [4.69, 9.17) is 0 Å². The largest absolute Gasteiger partial charge is 0.401 e. The van der Waals surface area contributed by atoms with E-state index in [1.165, 1.54) is 0 Å². The highest BCUT2D eigenvalue weighted by Crippen LogP contribution is 2.57. The third-order valence-corrected chi connectivity index (χ3v) is 6.62. The Bertz CT molecular complexity index is 1170. The van der Waals surface area contributed by atoms with Crippen LogP contribution >= 0.6 is 11.3 Å². The first-order valence-electron chi connectivity index (χ1n) is 9.65. The van der Waals surface area contributed by atoms with Gasteiger partial charge in [-0.2, -0.15) is 13.2 Å². The number of rotatable bonds is 6. The van der Waals surface area contributed by atoms with Gasteiger partial charge in [0.1, 0.15) is 17.3 Å². The quantitative estimate of drug-likeness (QED) is 0.601. The molecule has 4 rings (SSSR count). The van der Waals surface area contributed by atoms with E-state index in [0.717, 1.165) is 16.9 Å². The number of aromatic nitrogens is 3. The van der Waals surface area contributed by atoms with Gasteiger partial charge in [0.05, 0.1) is 0 Å². The minimum absolute atomic E-state index is 0.0366. The zero-order valence-corrected chi connectivity index (χ0v) is 17.6. The van der Waals surface area contributed by atoms with Crippen molar-refractivity contribution >= 4 is 32.7 Å². The normalized spacial score (nSPS) is 16.2. The fourth-order valence-corrected chi connectivity index (χ4v) is 4.24. The Kier molecular flexibility index (Phi) is 5.24. The molecular formula is C20H20F3N5O2S. The van der Waals surface area contributed by atoms with Crippen LogP contribution in [-0.2, 0) is 16.8 Å².